The second-order valence-electron chi connectivity index (χ2n) is 5.15. The van der Waals surface area contributed by atoms with Crippen LogP contribution in [0.4, 0.5) is 5.13 Å². The monoisotopic (exact) mass is 361 g/mol. The van der Waals surface area contributed by atoms with Gasteiger partial charge in [-0.05, 0) is 25.5 Å². The lowest BCUT2D eigenvalue weighted by Crippen LogP contribution is -2.14. The van der Waals surface area contributed by atoms with Gasteiger partial charge in [0.15, 0.2) is 15.5 Å². The quantitative estimate of drug-likeness (QED) is 0.551. The Balaban J connectivity index is 1.82. The van der Waals surface area contributed by atoms with Crippen LogP contribution in [0.2, 0.25) is 0 Å². The van der Waals surface area contributed by atoms with E-state index in [1.165, 1.54) is 17.4 Å². The Hall–Kier alpha value is -2.19. The Morgan fingerprint density at radius 1 is 1.33 bits per heavy atom. The first-order valence-corrected chi connectivity index (χ1v) is 9.19. The number of hydrogen-bond acceptors (Lipinski definition) is 7. The number of amides is 1. The summed E-state index contributed by atoms with van der Waals surface area (Å²) in [4.78, 5) is 24.5. The van der Waals surface area contributed by atoms with Crippen molar-refractivity contribution in [2.45, 2.75) is 24.6 Å². The Kier molecular flexibility index (Phi) is 4.96. The maximum Gasteiger partial charge on any atom is 0.293 e. The molecule has 0 saturated heterocycles. The fourth-order valence-electron chi connectivity index (χ4n) is 2.05. The van der Waals surface area contributed by atoms with Crippen LogP contribution in [0.3, 0.4) is 0 Å². The summed E-state index contributed by atoms with van der Waals surface area (Å²) in [7, 11) is 0. The van der Waals surface area contributed by atoms with Gasteiger partial charge in [0.2, 0.25) is 5.13 Å². The summed E-state index contributed by atoms with van der Waals surface area (Å²) >= 11 is 2.88. The fourth-order valence-corrected chi connectivity index (χ4v) is 3.72. The number of benzene rings is 1. The summed E-state index contributed by atoms with van der Waals surface area (Å²) in [5.41, 5.74) is 1.09. The van der Waals surface area contributed by atoms with Gasteiger partial charge in [-0.25, -0.2) is 0 Å². The van der Waals surface area contributed by atoms with Crippen molar-refractivity contribution in [1.82, 2.24) is 10.2 Å². The molecule has 124 valence electrons. The minimum Gasteiger partial charge on any atom is -0.451 e. The van der Waals surface area contributed by atoms with E-state index in [4.69, 9.17) is 4.42 Å². The number of nitrogens with one attached hydrogen (secondary N) is 1. The third-order valence-electron chi connectivity index (χ3n) is 3.16. The maximum atomic E-state index is 12.3. The van der Waals surface area contributed by atoms with Gasteiger partial charge in [-0.15, -0.1) is 10.2 Å². The molecule has 1 aromatic carbocycles. The molecule has 0 unspecified atom stereocenters. The molecule has 24 heavy (non-hydrogen) atoms. The predicted octanol–water partition coefficient (Wildman–Crippen LogP) is 3.71. The first-order valence-electron chi connectivity index (χ1n) is 7.39. The molecule has 6 nitrogen and oxygen atoms in total. The van der Waals surface area contributed by atoms with Gasteiger partial charge in [0.05, 0.1) is 5.39 Å². The largest absolute Gasteiger partial charge is 0.451 e. The van der Waals surface area contributed by atoms with E-state index in [-0.39, 0.29) is 11.2 Å². The molecule has 1 N–H and O–H groups in total. The zero-order chi connectivity index (χ0) is 17.1. The van der Waals surface area contributed by atoms with Gasteiger partial charge in [-0.2, -0.15) is 0 Å². The van der Waals surface area contributed by atoms with Gasteiger partial charge < -0.3 is 4.42 Å². The molecule has 0 aliphatic rings. The lowest BCUT2D eigenvalue weighted by atomic mass is 10.1. The topological polar surface area (TPSA) is 85.1 Å². The van der Waals surface area contributed by atoms with E-state index in [1.807, 2.05) is 13.0 Å². The molecule has 0 aliphatic carbocycles. The molecule has 0 radical (unpaired) electrons. The smallest absolute Gasteiger partial charge is 0.293 e. The number of aromatic nitrogens is 2. The van der Waals surface area contributed by atoms with Crippen LogP contribution in [0, 0.1) is 6.92 Å². The van der Waals surface area contributed by atoms with Crippen LogP contribution in [-0.4, -0.2) is 21.9 Å². The van der Waals surface area contributed by atoms with Crippen LogP contribution >= 0.6 is 23.1 Å². The fraction of sp³-hybridized carbons (Fsp3) is 0.250. The standard InChI is InChI=1S/C16H15N3O3S2/c1-3-6-23-16-19-18-15(24-16)17-14(21)13-8-11(20)10-7-9(2)4-5-12(10)22-13/h4-5,7-8H,3,6H2,1-2H3,(H,17,18,21). The molecule has 8 heteroatoms. The van der Waals surface area contributed by atoms with Gasteiger partial charge in [0.25, 0.3) is 5.91 Å². The first-order chi connectivity index (χ1) is 11.6. The van der Waals surface area contributed by atoms with Crippen LogP contribution in [0.15, 0.2) is 37.8 Å². The van der Waals surface area contributed by atoms with Gasteiger partial charge in [0, 0.05) is 11.8 Å². The minimum absolute atomic E-state index is 0.0469. The van der Waals surface area contributed by atoms with Crippen molar-refractivity contribution in [3.63, 3.8) is 0 Å². The Bertz CT molecular complexity index is 949. The summed E-state index contributed by atoms with van der Waals surface area (Å²) in [6.45, 7) is 3.98. The molecule has 0 saturated carbocycles. The van der Waals surface area contributed by atoms with Crippen molar-refractivity contribution < 1.29 is 9.21 Å². The first kappa shape index (κ1) is 16.7. The molecule has 2 heterocycles. The molecule has 0 bridgehead atoms. The number of carbonyl (C=O) groups is 1. The van der Waals surface area contributed by atoms with Crippen LogP contribution < -0.4 is 10.7 Å². The van der Waals surface area contributed by atoms with E-state index < -0.39 is 5.91 Å². The highest BCUT2D eigenvalue weighted by molar-refractivity contribution is 8.01. The summed E-state index contributed by atoms with van der Waals surface area (Å²) in [6, 6.07) is 6.46. The number of aryl methyl sites for hydroxylation is 1. The lowest BCUT2D eigenvalue weighted by Gasteiger charge is -2.03. The number of nitrogens with zero attached hydrogens (tertiary/aromatic N) is 2. The highest BCUT2D eigenvalue weighted by Gasteiger charge is 2.15. The molecule has 0 aliphatic heterocycles. The van der Waals surface area contributed by atoms with E-state index in [0.717, 1.165) is 22.1 Å². The number of carbonyl (C=O) groups excluding carboxylic acids is 1. The summed E-state index contributed by atoms with van der Waals surface area (Å²) < 4.78 is 6.34. The van der Waals surface area contributed by atoms with Crippen molar-refractivity contribution in [3.05, 3.63) is 45.8 Å². The van der Waals surface area contributed by atoms with Gasteiger partial charge >= 0.3 is 0 Å². The average Bonchev–Trinajstić information content (AvgIpc) is 3.00. The van der Waals surface area contributed by atoms with E-state index >= 15 is 0 Å². The predicted molar refractivity (Wildman–Crippen MR) is 96.1 cm³/mol. The zero-order valence-electron chi connectivity index (χ0n) is 13.2. The molecule has 3 aromatic rings. The van der Waals surface area contributed by atoms with Gasteiger partial charge in [-0.1, -0.05) is 41.7 Å². The van der Waals surface area contributed by atoms with Gasteiger partial charge in [0.1, 0.15) is 5.58 Å². The Morgan fingerprint density at radius 2 is 2.17 bits per heavy atom. The van der Waals surface area contributed by atoms with Crippen LogP contribution in [0.5, 0.6) is 0 Å². The maximum absolute atomic E-state index is 12.3. The SMILES string of the molecule is CCCSc1nnc(NC(=O)c2cc(=O)c3cc(C)ccc3o2)s1. The van der Waals surface area contributed by atoms with Crippen LogP contribution in [0.25, 0.3) is 11.0 Å². The molecule has 0 atom stereocenters. The second-order valence-corrected chi connectivity index (χ2v) is 7.47. The minimum atomic E-state index is -0.516. The number of rotatable bonds is 5. The van der Waals surface area contributed by atoms with Crippen molar-refractivity contribution >= 4 is 45.1 Å². The molecular formula is C16H15N3O3S2. The molecular weight excluding hydrogens is 346 g/mol. The Labute approximate surface area is 146 Å². The van der Waals surface area contributed by atoms with E-state index in [2.05, 4.69) is 22.4 Å². The second kappa shape index (κ2) is 7.14. The number of fused-ring (bicyclic) bond motifs is 1. The summed E-state index contributed by atoms with van der Waals surface area (Å²) in [5, 5.41) is 11.4. The molecule has 0 fully saturated rings. The third-order valence-corrected chi connectivity index (χ3v) is 5.34. The average molecular weight is 361 g/mol. The third kappa shape index (κ3) is 3.65. The number of thioether (sulfide) groups is 1. The zero-order valence-corrected chi connectivity index (χ0v) is 14.8. The van der Waals surface area contributed by atoms with E-state index in [1.54, 1.807) is 23.9 Å². The summed E-state index contributed by atoms with van der Waals surface area (Å²) in [5.74, 6) is 0.383. The van der Waals surface area contributed by atoms with E-state index in [9.17, 15) is 9.59 Å². The van der Waals surface area contributed by atoms with Crippen molar-refractivity contribution in [3.8, 4) is 0 Å². The van der Waals surface area contributed by atoms with Crippen molar-refractivity contribution in [2.75, 3.05) is 11.1 Å². The van der Waals surface area contributed by atoms with Crippen LogP contribution in [0.1, 0.15) is 29.5 Å². The normalized spacial score (nSPS) is 10.9. The highest BCUT2D eigenvalue weighted by atomic mass is 32.2. The molecule has 0 spiro atoms. The lowest BCUT2D eigenvalue weighted by molar-refractivity contribution is 0.0997. The molecule has 2 aromatic heterocycles. The van der Waals surface area contributed by atoms with Crippen LogP contribution in [-0.2, 0) is 0 Å². The number of anilines is 1. The van der Waals surface area contributed by atoms with E-state index in [0.29, 0.717) is 16.1 Å². The Morgan fingerprint density at radius 3 is 2.96 bits per heavy atom. The molecule has 3 rings (SSSR count). The summed E-state index contributed by atoms with van der Waals surface area (Å²) in [6.07, 6.45) is 1.04. The van der Waals surface area contributed by atoms with Crippen molar-refractivity contribution in [1.29, 1.82) is 0 Å². The highest BCUT2D eigenvalue weighted by Crippen LogP contribution is 2.26. The van der Waals surface area contributed by atoms with Crippen molar-refractivity contribution in [2.24, 2.45) is 0 Å². The van der Waals surface area contributed by atoms with Gasteiger partial charge in [-0.3, -0.25) is 14.9 Å². The number of hydrogen-bond donors (Lipinski definition) is 1. The molecule has 1 amide bonds.